The Morgan fingerprint density at radius 2 is 2.06 bits per heavy atom. The third kappa shape index (κ3) is 11.1. The van der Waals surface area contributed by atoms with Crippen LogP contribution in [0.3, 0.4) is 0 Å². The standard InChI is InChI=1S/C25H38FN3O3/c1-5-9-21(14-17-29(3)20(2)11-12-22(26)19-32-4)10-7-6-8-15-28-24-18-27-16-13-23(24)25(30)31/h11-14,16-19,21,25,28,30-31H,2,5-10,15H2,1,3-4H3/b12-11-,17-14+,22-19-. The number of nitrogens with one attached hydrogen (secondary N) is 1. The van der Waals surface area contributed by atoms with E-state index < -0.39 is 12.1 Å². The van der Waals surface area contributed by atoms with Crippen molar-refractivity contribution in [1.29, 1.82) is 0 Å². The number of halogens is 1. The van der Waals surface area contributed by atoms with E-state index in [1.165, 1.54) is 13.2 Å². The Hall–Kier alpha value is -2.64. The Labute approximate surface area is 191 Å². The van der Waals surface area contributed by atoms with Gasteiger partial charge in [-0.3, -0.25) is 4.98 Å². The van der Waals surface area contributed by atoms with Crippen LogP contribution in [0.1, 0.15) is 57.3 Å². The van der Waals surface area contributed by atoms with Crippen molar-refractivity contribution >= 4 is 5.69 Å². The van der Waals surface area contributed by atoms with Crippen molar-refractivity contribution in [3.05, 3.63) is 72.8 Å². The van der Waals surface area contributed by atoms with Crippen molar-refractivity contribution in [1.82, 2.24) is 9.88 Å². The molecule has 0 radical (unpaired) electrons. The Morgan fingerprint density at radius 1 is 1.28 bits per heavy atom. The fourth-order valence-corrected chi connectivity index (χ4v) is 3.21. The van der Waals surface area contributed by atoms with Crippen LogP contribution < -0.4 is 5.32 Å². The van der Waals surface area contributed by atoms with Crippen LogP contribution in [0.5, 0.6) is 0 Å². The van der Waals surface area contributed by atoms with Crippen molar-refractivity contribution < 1.29 is 19.3 Å². The second kappa shape index (κ2) is 16.1. The highest BCUT2D eigenvalue weighted by Crippen LogP contribution is 2.21. The van der Waals surface area contributed by atoms with Gasteiger partial charge in [-0.1, -0.05) is 38.8 Å². The number of hydrogen-bond acceptors (Lipinski definition) is 6. The molecule has 0 aliphatic rings. The molecule has 0 saturated carbocycles. The number of anilines is 1. The molecule has 0 spiro atoms. The number of allylic oxidation sites excluding steroid dienone is 4. The Kier molecular flexibility index (Phi) is 13.7. The number of nitrogens with zero attached hydrogens (tertiary/aromatic N) is 2. The fraction of sp³-hybridized carbons (Fsp3) is 0.480. The predicted molar refractivity (Wildman–Crippen MR) is 128 cm³/mol. The molecule has 178 valence electrons. The molecule has 6 nitrogen and oxygen atoms in total. The smallest absolute Gasteiger partial charge is 0.180 e. The van der Waals surface area contributed by atoms with Gasteiger partial charge in [0.05, 0.1) is 19.0 Å². The van der Waals surface area contributed by atoms with E-state index in [4.69, 9.17) is 0 Å². The molecule has 0 fully saturated rings. The third-order valence-corrected chi connectivity index (χ3v) is 5.06. The zero-order valence-electron chi connectivity index (χ0n) is 19.5. The quantitative estimate of drug-likeness (QED) is 0.136. The summed E-state index contributed by atoms with van der Waals surface area (Å²) in [6.07, 6.45) is 16.3. The number of ether oxygens (including phenoxy) is 1. The Bertz CT molecular complexity index is 763. The second-order valence-electron chi connectivity index (χ2n) is 7.68. The lowest BCUT2D eigenvalue weighted by Gasteiger charge is -2.17. The van der Waals surface area contributed by atoms with E-state index in [-0.39, 0.29) is 0 Å². The summed E-state index contributed by atoms with van der Waals surface area (Å²) < 4.78 is 18.0. The van der Waals surface area contributed by atoms with Gasteiger partial charge in [0.1, 0.15) is 6.26 Å². The average molecular weight is 448 g/mol. The number of likely N-dealkylation sites (N-methyl/N-ethyl adjacent to an activating group) is 1. The average Bonchev–Trinajstić information content (AvgIpc) is 2.78. The van der Waals surface area contributed by atoms with Crippen LogP contribution >= 0.6 is 0 Å². The second-order valence-corrected chi connectivity index (χ2v) is 7.68. The zero-order chi connectivity index (χ0) is 23.8. The normalized spacial score (nSPS) is 13.2. The molecule has 0 bridgehead atoms. The minimum absolute atomic E-state index is 0.436. The van der Waals surface area contributed by atoms with Gasteiger partial charge in [0.2, 0.25) is 0 Å². The SMILES string of the molecule is C=C(/C=C\C(F)=C\OC)N(C)/C=C/C(CCC)CCCCCNc1cnccc1C(O)O. The summed E-state index contributed by atoms with van der Waals surface area (Å²) in [4.78, 5) is 5.91. The van der Waals surface area contributed by atoms with Gasteiger partial charge in [0.25, 0.3) is 0 Å². The summed E-state index contributed by atoms with van der Waals surface area (Å²) in [6, 6.07) is 1.60. The maximum absolute atomic E-state index is 13.4. The topological polar surface area (TPSA) is 77.9 Å². The van der Waals surface area contributed by atoms with Gasteiger partial charge >= 0.3 is 0 Å². The van der Waals surface area contributed by atoms with E-state index in [1.807, 2.05) is 18.1 Å². The molecule has 0 aliphatic heterocycles. The first-order chi connectivity index (χ1) is 15.4. The number of hydrogen-bond donors (Lipinski definition) is 3. The Morgan fingerprint density at radius 3 is 2.75 bits per heavy atom. The van der Waals surface area contributed by atoms with E-state index >= 15 is 0 Å². The lowest BCUT2D eigenvalue weighted by molar-refractivity contribution is -0.0419. The fourth-order valence-electron chi connectivity index (χ4n) is 3.21. The van der Waals surface area contributed by atoms with Gasteiger partial charge in [-0.15, -0.1) is 0 Å². The summed E-state index contributed by atoms with van der Waals surface area (Å²) in [5.74, 6) is 0.0171. The molecule has 7 heteroatoms. The van der Waals surface area contributed by atoms with E-state index in [2.05, 4.69) is 34.6 Å². The molecule has 0 aromatic carbocycles. The monoisotopic (exact) mass is 447 g/mol. The molecule has 1 aromatic heterocycles. The summed E-state index contributed by atoms with van der Waals surface area (Å²) in [6.45, 7) is 6.89. The van der Waals surface area contributed by atoms with Gasteiger partial charge < -0.3 is 25.2 Å². The number of aliphatic hydroxyl groups is 2. The van der Waals surface area contributed by atoms with Crippen molar-refractivity contribution in [2.24, 2.45) is 5.92 Å². The number of methoxy groups -OCH3 is 1. The van der Waals surface area contributed by atoms with Crippen LogP contribution in [0, 0.1) is 5.92 Å². The van der Waals surface area contributed by atoms with Gasteiger partial charge in [-0.25, -0.2) is 4.39 Å². The highest BCUT2D eigenvalue weighted by Gasteiger charge is 2.09. The maximum Gasteiger partial charge on any atom is 0.180 e. The molecular formula is C25H38FN3O3. The first-order valence-electron chi connectivity index (χ1n) is 11.1. The van der Waals surface area contributed by atoms with E-state index in [1.54, 1.807) is 24.5 Å². The van der Waals surface area contributed by atoms with E-state index in [0.717, 1.165) is 51.3 Å². The summed E-state index contributed by atoms with van der Waals surface area (Å²) in [5.41, 5.74) is 1.78. The van der Waals surface area contributed by atoms with Crippen LogP contribution in [0.2, 0.25) is 0 Å². The zero-order valence-corrected chi connectivity index (χ0v) is 19.5. The lowest BCUT2D eigenvalue weighted by atomic mass is 9.96. The summed E-state index contributed by atoms with van der Waals surface area (Å²) in [7, 11) is 3.30. The van der Waals surface area contributed by atoms with Crippen molar-refractivity contribution in [2.75, 3.05) is 26.0 Å². The van der Waals surface area contributed by atoms with Crippen LogP contribution in [0.4, 0.5) is 10.1 Å². The molecule has 0 amide bonds. The number of rotatable bonds is 16. The van der Waals surface area contributed by atoms with E-state index in [9.17, 15) is 14.6 Å². The number of unbranched alkanes of at least 4 members (excludes halogenated alkanes) is 2. The van der Waals surface area contributed by atoms with Gasteiger partial charge in [-0.2, -0.15) is 0 Å². The number of aliphatic hydroxyl groups excluding tert-OH is 1. The minimum atomic E-state index is -1.51. The highest BCUT2D eigenvalue weighted by molar-refractivity contribution is 5.49. The highest BCUT2D eigenvalue weighted by atomic mass is 19.1. The van der Waals surface area contributed by atoms with Crippen molar-refractivity contribution in [2.45, 2.75) is 51.7 Å². The van der Waals surface area contributed by atoms with Crippen molar-refractivity contribution in [3.8, 4) is 0 Å². The first-order valence-corrected chi connectivity index (χ1v) is 11.1. The number of aromatic nitrogens is 1. The minimum Gasteiger partial charge on any atom is -0.501 e. The van der Waals surface area contributed by atoms with Crippen LogP contribution in [-0.4, -0.2) is 40.8 Å². The number of pyridine rings is 1. The van der Waals surface area contributed by atoms with Crippen LogP contribution in [0.25, 0.3) is 0 Å². The Balaban J connectivity index is 2.40. The molecule has 1 heterocycles. The van der Waals surface area contributed by atoms with Gasteiger partial charge in [-0.05, 0) is 49.6 Å². The maximum atomic E-state index is 13.4. The molecule has 1 aromatic rings. The molecule has 1 rings (SSSR count). The summed E-state index contributed by atoms with van der Waals surface area (Å²) in [5, 5.41) is 22.0. The summed E-state index contributed by atoms with van der Waals surface area (Å²) >= 11 is 0. The molecule has 32 heavy (non-hydrogen) atoms. The molecule has 1 unspecified atom stereocenters. The molecule has 1 atom stereocenters. The lowest BCUT2D eigenvalue weighted by Crippen LogP contribution is -2.09. The van der Waals surface area contributed by atoms with Crippen molar-refractivity contribution in [3.63, 3.8) is 0 Å². The van der Waals surface area contributed by atoms with Crippen LogP contribution in [-0.2, 0) is 4.74 Å². The van der Waals surface area contributed by atoms with E-state index in [0.29, 0.717) is 22.9 Å². The van der Waals surface area contributed by atoms with Gasteiger partial charge in [0, 0.05) is 31.0 Å². The molecule has 0 aliphatic carbocycles. The molecule has 3 N–H and O–H groups in total. The third-order valence-electron chi connectivity index (χ3n) is 5.06. The van der Waals surface area contributed by atoms with Gasteiger partial charge in [0.15, 0.2) is 12.1 Å². The largest absolute Gasteiger partial charge is 0.501 e. The molecular weight excluding hydrogens is 409 g/mol. The first kappa shape index (κ1) is 27.4. The molecule has 0 saturated heterocycles. The predicted octanol–water partition coefficient (Wildman–Crippen LogP) is 5.43. The van der Waals surface area contributed by atoms with Crippen LogP contribution in [0.15, 0.2) is 67.3 Å².